The van der Waals surface area contributed by atoms with Gasteiger partial charge in [0.1, 0.15) is 0 Å². The molecule has 6 heteroatoms. The van der Waals surface area contributed by atoms with Gasteiger partial charge in [-0.15, -0.1) is 12.4 Å². The molecule has 0 aromatic carbocycles. The fraction of sp³-hybridized carbons (Fsp3) is 0.923. The molecule has 2 rings (SSSR count). The quantitative estimate of drug-likeness (QED) is 0.836. The zero-order valence-electron chi connectivity index (χ0n) is 11.5. The molecule has 0 aromatic heterocycles. The predicted octanol–water partition coefficient (Wildman–Crippen LogP) is 0.799. The van der Waals surface area contributed by atoms with Gasteiger partial charge in [0.2, 0.25) is 5.91 Å². The van der Waals surface area contributed by atoms with Crippen LogP contribution in [0.15, 0.2) is 0 Å². The first-order valence-corrected chi connectivity index (χ1v) is 6.96. The third-order valence-electron chi connectivity index (χ3n) is 3.96. The number of carbonyl (C=O) groups is 1. The minimum absolute atomic E-state index is 0. The number of halogens is 1. The fourth-order valence-electron chi connectivity index (χ4n) is 2.65. The van der Waals surface area contributed by atoms with Crippen molar-refractivity contribution in [3.63, 3.8) is 0 Å². The number of morpholine rings is 1. The molecule has 2 saturated heterocycles. The summed E-state index contributed by atoms with van der Waals surface area (Å²) in [4.78, 5) is 14.2. The van der Waals surface area contributed by atoms with Crippen molar-refractivity contribution >= 4 is 18.3 Å². The predicted molar refractivity (Wildman–Crippen MR) is 75.4 cm³/mol. The van der Waals surface area contributed by atoms with Crippen molar-refractivity contribution in [1.29, 1.82) is 0 Å². The van der Waals surface area contributed by atoms with E-state index in [1.165, 1.54) is 0 Å². The van der Waals surface area contributed by atoms with E-state index in [1.807, 2.05) is 4.90 Å². The van der Waals surface area contributed by atoms with Crippen molar-refractivity contribution in [2.45, 2.75) is 38.3 Å². The molecule has 0 radical (unpaired) electrons. The number of amides is 1. The fourth-order valence-corrected chi connectivity index (χ4v) is 2.65. The van der Waals surface area contributed by atoms with E-state index in [4.69, 9.17) is 15.2 Å². The van der Waals surface area contributed by atoms with Gasteiger partial charge < -0.3 is 20.1 Å². The Labute approximate surface area is 121 Å². The first kappa shape index (κ1) is 16.7. The molecule has 2 unspecified atom stereocenters. The van der Waals surface area contributed by atoms with Crippen LogP contribution in [0.3, 0.4) is 0 Å². The van der Waals surface area contributed by atoms with Crippen molar-refractivity contribution in [3.8, 4) is 0 Å². The van der Waals surface area contributed by atoms with Crippen molar-refractivity contribution < 1.29 is 14.3 Å². The normalized spacial score (nSPS) is 26.6. The second kappa shape index (κ2) is 8.04. The van der Waals surface area contributed by atoms with Crippen LogP contribution in [-0.4, -0.2) is 55.9 Å². The summed E-state index contributed by atoms with van der Waals surface area (Å²) in [5.74, 6) is 0.359. The molecule has 0 saturated carbocycles. The monoisotopic (exact) mass is 292 g/mol. The standard InChI is InChI=1S/C13H24N2O3.ClH/c1-2-11-9-15(5-8-18-11)13(16)12(14)10-3-6-17-7-4-10;/h10-12H,2-9,14H2,1H3;1H. The summed E-state index contributed by atoms with van der Waals surface area (Å²) in [6.07, 6.45) is 2.91. The summed E-state index contributed by atoms with van der Waals surface area (Å²) in [6, 6.07) is -0.371. The zero-order chi connectivity index (χ0) is 13.0. The third kappa shape index (κ3) is 4.31. The molecular formula is C13H25ClN2O3. The lowest BCUT2D eigenvalue weighted by Gasteiger charge is -2.36. The highest BCUT2D eigenvalue weighted by Crippen LogP contribution is 2.20. The smallest absolute Gasteiger partial charge is 0.239 e. The maximum absolute atomic E-state index is 12.4. The van der Waals surface area contributed by atoms with Crippen LogP contribution in [0.1, 0.15) is 26.2 Å². The minimum Gasteiger partial charge on any atom is -0.381 e. The van der Waals surface area contributed by atoms with Crippen molar-refractivity contribution in [2.24, 2.45) is 11.7 Å². The topological polar surface area (TPSA) is 64.8 Å². The summed E-state index contributed by atoms with van der Waals surface area (Å²) in [7, 11) is 0. The number of rotatable bonds is 3. The summed E-state index contributed by atoms with van der Waals surface area (Å²) in [5.41, 5.74) is 6.12. The Balaban J connectivity index is 0.00000180. The van der Waals surface area contributed by atoms with Crippen molar-refractivity contribution in [1.82, 2.24) is 4.90 Å². The lowest BCUT2D eigenvalue weighted by molar-refractivity contribution is -0.142. The van der Waals surface area contributed by atoms with Gasteiger partial charge in [0.05, 0.1) is 18.8 Å². The Morgan fingerprint density at radius 2 is 2.05 bits per heavy atom. The summed E-state index contributed by atoms with van der Waals surface area (Å²) in [6.45, 7) is 5.53. The number of carbonyl (C=O) groups excluding carboxylic acids is 1. The highest BCUT2D eigenvalue weighted by atomic mass is 35.5. The van der Waals surface area contributed by atoms with Gasteiger partial charge in [-0.2, -0.15) is 0 Å². The molecule has 2 heterocycles. The molecule has 0 aromatic rings. The molecule has 112 valence electrons. The Hall–Kier alpha value is -0.360. The van der Waals surface area contributed by atoms with Gasteiger partial charge >= 0.3 is 0 Å². The molecule has 19 heavy (non-hydrogen) atoms. The van der Waals surface area contributed by atoms with Gasteiger partial charge in [-0.05, 0) is 25.2 Å². The molecule has 0 bridgehead atoms. The van der Waals surface area contributed by atoms with Crippen LogP contribution in [0.4, 0.5) is 0 Å². The van der Waals surface area contributed by atoms with E-state index >= 15 is 0 Å². The highest BCUT2D eigenvalue weighted by Gasteiger charge is 2.32. The summed E-state index contributed by atoms with van der Waals surface area (Å²) in [5, 5.41) is 0. The summed E-state index contributed by atoms with van der Waals surface area (Å²) < 4.78 is 10.9. The number of hydrogen-bond donors (Lipinski definition) is 1. The molecule has 2 aliphatic heterocycles. The van der Waals surface area contributed by atoms with E-state index in [-0.39, 0.29) is 36.4 Å². The summed E-state index contributed by atoms with van der Waals surface area (Å²) >= 11 is 0. The molecule has 1 amide bonds. The maximum Gasteiger partial charge on any atom is 0.239 e. The number of hydrogen-bond acceptors (Lipinski definition) is 4. The van der Waals surface area contributed by atoms with E-state index in [2.05, 4.69) is 6.92 Å². The number of nitrogens with two attached hydrogens (primary N) is 1. The first-order chi connectivity index (χ1) is 8.72. The lowest BCUT2D eigenvalue weighted by atomic mass is 9.91. The van der Waals surface area contributed by atoms with Crippen molar-refractivity contribution in [3.05, 3.63) is 0 Å². The molecule has 2 aliphatic rings. The molecule has 0 aliphatic carbocycles. The van der Waals surface area contributed by atoms with Crippen LogP contribution in [0, 0.1) is 5.92 Å². The Bertz CT molecular complexity index is 281. The lowest BCUT2D eigenvalue weighted by Crippen LogP contribution is -2.54. The van der Waals surface area contributed by atoms with Gasteiger partial charge in [0, 0.05) is 26.3 Å². The van der Waals surface area contributed by atoms with Crippen LogP contribution >= 0.6 is 12.4 Å². The van der Waals surface area contributed by atoms with Crippen molar-refractivity contribution in [2.75, 3.05) is 32.9 Å². The molecule has 5 nitrogen and oxygen atoms in total. The Kier molecular flexibility index (Phi) is 7.07. The molecule has 2 N–H and O–H groups in total. The van der Waals surface area contributed by atoms with Crippen LogP contribution in [0.5, 0.6) is 0 Å². The van der Waals surface area contributed by atoms with E-state index in [1.54, 1.807) is 0 Å². The van der Waals surface area contributed by atoms with E-state index in [9.17, 15) is 4.79 Å². The maximum atomic E-state index is 12.4. The second-order valence-corrected chi connectivity index (χ2v) is 5.16. The molecular weight excluding hydrogens is 268 g/mol. The number of ether oxygens (including phenoxy) is 2. The van der Waals surface area contributed by atoms with Gasteiger partial charge in [0.25, 0.3) is 0 Å². The van der Waals surface area contributed by atoms with Gasteiger partial charge in [-0.3, -0.25) is 4.79 Å². The number of nitrogens with zero attached hydrogens (tertiary/aromatic N) is 1. The highest BCUT2D eigenvalue weighted by molar-refractivity contribution is 5.85. The second-order valence-electron chi connectivity index (χ2n) is 5.16. The van der Waals surface area contributed by atoms with Gasteiger partial charge in [0.15, 0.2) is 0 Å². The molecule has 2 atom stereocenters. The average Bonchev–Trinajstić information content (AvgIpc) is 2.46. The van der Waals surface area contributed by atoms with E-state index in [0.717, 1.165) is 32.5 Å². The largest absolute Gasteiger partial charge is 0.381 e. The molecule has 0 spiro atoms. The molecule has 2 fully saturated rings. The average molecular weight is 293 g/mol. The van der Waals surface area contributed by atoms with Crippen LogP contribution in [0.25, 0.3) is 0 Å². The van der Waals surface area contributed by atoms with Gasteiger partial charge in [-0.1, -0.05) is 6.92 Å². The third-order valence-corrected chi connectivity index (χ3v) is 3.96. The van der Waals surface area contributed by atoms with Crippen LogP contribution in [-0.2, 0) is 14.3 Å². The van der Waals surface area contributed by atoms with Gasteiger partial charge in [-0.25, -0.2) is 0 Å². The SMILES string of the molecule is CCC1CN(C(=O)C(N)C2CCOCC2)CCO1.Cl. The minimum atomic E-state index is -0.371. The zero-order valence-corrected chi connectivity index (χ0v) is 12.4. The Morgan fingerprint density at radius 1 is 1.37 bits per heavy atom. The van der Waals surface area contributed by atoms with E-state index < -0.39 is 0 Å². The van der Waals surface area contributed by atoms with Crippen LogP contribution in [0.2, 0.25) is 0 Å². The van der Waals surface area contributed by atoms with Crippen LogP contribution < -0.4 is 5.73 Å². The first-order valence-electron chi connectivity index (χ1n) is 6.96. The van der Waals surface area contributed by atoms with E-state index in [0.29, 0.717) is 19.7 Å². The Morgan fingerprint density at radius 3 is 2.68 bits per heavy atom.